The minimum Gasteiger partial charge on any atom is -0.362 e. The fraction of sp³-hybridized carbons (Fsp3) is 0.154. The predicted octanol–water partition coefficient (Wildman–Crippen LogP) is 4.89. The molecule has 1 atom stereocenters. The molecule has 0 bridgehead atoms. The standard InChI is InChI=1S/C13H10Cl3IN2OS/c14-13(15,16)12(18-9-5-3-8(17)4-6-9)19-11(20)10-2-1-7-21-10/h1-7,12,18H,(H,19,20). The molecule has 2 aromatic rings. The third-order valence-corrected chi connectivity index (χ3v) is 4.75. The Morgan fingerprint density at radius 2 is 1.86 bits per heavy atom. The summed E-state index contributed by atoms with van der Waals surface area (Å²) in [5, 5.41) is 7.51. The highest BCUT2D eigenvalue weighted by Gasteiger charge is 2.34. The zero-order valence-corrected chi connectivity index (χ0v) is 15.7. The lowest BCUT2D eigenvalue weighted by Crippen LogP contribution is -2.48. The number of hydrogen-bond donors (Lipinski definition) is 2. The number of nitrogens with one attached hydrogen (secondary N) is 2. The van der Waals surface area contributed by atoms with Gasteiger partial charge < -0.3 is 10.6 Å². The number of anilines is 1. The number of alkyl halides is 3. The minimum absolute atomic E-state index is 0.292. The van der Waals surface area contributed by atoms with Gasteiger partial charge in [0.1, 0.15) is 6.17 Å². The number of rotatable bonds is 4. The SMILES string of the molecule is O=C(NC(Nc1ccc(I)cc1)C(Cl)(Cl)Cl)c1cccs1. The third-order valence-electron chi connectivity index (χ3n) is 2.50. The van der Waals surface area contributed by atoms with E-state index in [0.29, 0.717) is 4.88 Å². The van der Waals surface area contributed by atoms with Crippen LogP contribution < -0.4 is 10.6 Å². The molecule has 2 rings (SSSR count). The van der Waals surface area contributed by atoms with E-state index in [-0.39, 0.29) is 5.91 Å². The zero-order valence-electron chi connectivity index (χ0n) is 10.4. The molecule has 1 heterocycles. The molecule has 3 nitrogen and oxygen atoms in total. The lowest BCUT2D eigenvalue weighted by molar-refractivity contribution is 0.0946. The number of thiophene rings is 1. The van der Waals surface area contributed by atoms with Crippen molar-refractivity contribution in [2.24, 2.45) is 0 Å². The van der Waals surface area contributed by atoms with Crippen LogP contribution in [-0.2, 0) is 0 Å². The first-order valence-electron chi connectivity index (χ1n) is 5.79. The predicted molar refractivity (Wildman–Crippen MR) is 98.6 cm³/mol. The summed E-state index contributed by atoms with van der Waals surface area (Å²) < 4.78 is -0.596. The summed E-state index contributed by atoms with van der Waals surface area (Å²) in [7, 11) is 0. The monoisotopic (exact) mass is 474 g/mol. The first-order chi connectivity index (χ1) is 9.86. The van der Waals surface area contributed by atoms with Gasteiger partial charge in [0.15, 0.2) is 0 Å². The van der Waals surface area contributed by atoms with Crippen LogP contribution in [0.4, 0.5) is 5.69 Å². The Balaban J connectivity index is 2.12. The van der Waals surface area contributed by atoms with Crippen LogP contribution >= 0.6 is 68.7 Å². The van der Waals surface area contributed by atoms with Crippen molar-refractivity contribution in [3.63, 3.8) is 0 Å². The van der Waals surface area contributed by atoms with Crippen molar-refractivity contribution in [1.29, 1.82) is 0 Å². The van der Waals surface area contributed by atoms with Gasteiger partial charge in [0.25, 0.3) is 5.91 Å². The summed E-state index contributed by atoms with van der Waals surface area (Å²) in [5.41, 5.74) is 0.748. The van der Waals surface area contributed by atoms with Crippen LogP contribution in [0.1, 0.15) is 9.67 Å². The molecule has 0 saturated heterocycles. The van der Waals surface area contributed by atoms with Crippen LogP contribution in [0.2, 0.25) is 0 Å². The van der Waals surface area contributed by atoms with Crippen molar-refractivity contribution in [2.45, 2.75) is 9.96 Å². The number of hydrogen-bond acceptors (Lipinski definition) is 3. The Labute approximate surface area is 155 Å². The number of benzene rings is 1. The van der Waals surface area contributed by atoms with Gasteiger partial charge in [0.05, 0.1) is 4.88 Å². The van der Waals surface area contributed by atoms with Crippen LogP contribution in [0.15, 0.2) is 41.8 Å². The number of carbonyl (C=O) groups excluding carboxylic acids is 1. The van der Waals surface area contributed by atoms with E-state index in [0.717, 1.165) is 9.26 Å². The lowest BCUT2D eigenvalue weighted by Gasteiger charge is -2.27. The average molecular weight is 476 g/mol. The summed E-state index contributed by atoms with van der Waals surface area (Å²) in [6.45, 7) is 0. The highest BCUT2D eigenvalue weighted by atomic mass is 127. The Hall–Kier alpha value is -0.210. The molecule has 0 aliphatic carbocycles. The minimum atomic E-state index is -1.68. The first kappa shape index (κ1) is 17.1. The van der Waals surface area contributed by atoms with Gasteiger partial charge in [0.2, 0.25) is 3.79 Å². The van der Waals surface area contributed by atoms with E-state index in [1.807, 2.05) is 29.6 Å². The number of halogens is 4. The smallest absolute Gasteiger partial charge is 0.263 e. The fourth-order valence-electron chi connectivity index (χ4n) is 1.52. The molecule has 2 N–H and O–H groups in total. The van der Waals surface area contributed by atoms with Gasteiger partial charge in [-0.05, 0) is 58.3 Å². The van der Waals surface area contributed by atoms with Crippen molar-refractivity contribution in [3.8, 4) is 0 Å². The second-order valence-corrected chi connectivity index (χ2v) is 8.64. The van der Waals surface area contributed by atoms with Crippen LogP contribution in [0.5, 0.6) is 0 Å². The Bertz CT molecular complexity index is 599. The molecule has 1 unspecified atom stereocenters. The van der Waals surface area contributed by atoms with Gasteiger partial charge in [-0.15, -0.1) is 11.3 Å². The van der Waals surface area contributed by atoms with E-state index in [1.54, 1.807) is 12.1 Å². The van der Waals surface area contributed by atoms with Gasteiger partial charge in [-0.1, -0.05) is 40.9 Å². The average Bonchev–Trinajstić information content (AvgIpc) is 2.93. The second kappa shape index (κ2) is 7.37. The van der Waals surface area contributed by atoms with Crippen LogP contribution in [0, 0.1) is 3.57 Å². The van der Waals surface area contributed by atoms with E-state index < -0.39 is 9.96 Å². The van der Waals surface area contributed by atoms with Crippen LogP contribution in [0.25, 0.3) is 0 Å². The third kappa shape index (κ3) is 5.17. The molecule has 112 valence electrons. The van der Waals surface area contributed by atoms with Crippen molar-refractivity contribution in [1.82, 2.24) is 5.32 Å². The molecule has 0 radical (unpaired) electrons. The van der Waals surface area contributed by atoms with E-state index >= 15 is 0 Å². The topological polar surface area (TPSA) is 41.1 Å². The maximum Gasteiger partial charge on any atom is 0.263 e. The van der Waals surface area contributed by atoms with E-state index in [1.165, 1.54) is 11.3 Å². The lowest BCUT2D eigenvalue weighted by atomic mass is 10.3. The Kier molecular flexibility index (Phi) is 6.02. The summed E-state index contributed by atoms with van der Waals surface area (Å²) in [4.78, 5) is 12.6. The van der Waals surface area contributed by atoms with E-state index in [2.05, 4.69) is 33.2 Å². The van der Waals surface area contributed by atoms with Crippen molar-refractivity contribution >= 4 is 80.3 Å². The maximum atomic E-state index is 12.1. The Morgan fingerprint density at radius 1 is 1.19 bits per heavy atom. The van der Waals surface area contributed by atoms with Gasteiger partial charge in [0, 0.05) is 9.26 Å². The molecule has 0 aliphatic heterocycles. The second-order valence-electron chi connectivity index (χ2n) is 4.08. The number of carbonyl (C=O) groups is 1. The molecule has 1 aromatic carbocycles. The molecule has 0 fully saturated rings. The van der Waals surface area contributed by atoms with Gasteiger partial charge in [-0.25, -0.2) is 0 Å². The van der Waals surface area contributed by atoms with E-state index in [9.17, 15) is 4.79 Å². The highest BCUT2D eigenvalue weighted by molar-refractivity contribution is 14.1. The summed E-state index contributed by atoms with van der Waals surface area (Å²) in [6, 6.07) is 11.0. The first-order valence-corrected chi connectivity index (χ1v) is 8.88. The molecule has 0 spiro atoms. The largest absolute Gasteiger partial charge is 0.362 e. The molecular formula is C13H10Cl3IN2OS. The van der Waals surface area contributed by atoms with Gasteiger partial charge in [-0.3, -0.25) is 4.79 Å². The molecule has 1 aromatic heterocycles. The van der Waals surface area contributed by atoms with E-state index in [4.69, 9.17) is 34.8 Å². The van der Waals surface area contributed by atoms with Crippen molar-refractivity contribution in [2.75, 3.05) is 5.32 Å². The maximum absolute atomic E-state index is 12.1. The molecule has 0 aliphatic rings. The summed E-state index contributed by atoms with van der Waals surface area (Å²) >= 11 is 21.3. The zero-order chi connectivity index (χ0) is 15.5. The molecular weight excluding hydrogens is 465 g/mol. The molecule has 0 saturated carbocycles. The van der Waals surface area contributed by atoms with Crippen LogP contribution in [0.3, 0.4) is 0 Å². The highest BCUT2D eigenvalue weighted by Crippen LogP contribution is 2.31. The van der Waals surface area contributed by atoms with Crippen LogP contribution in [-0.4, -0.2) is 15.9 Å². The quantitative estimate of drug-likeness (QED) is 0.376. The molecule has 21 heavy (non-hydrogen) atoms. The van der Waals surface area contributed by atoms with Gasteiger partial charge >= 0.3 is 0 Å². The molecule has 8 heteroatoms. The summed E-state index contributed by atoms with van der Waals surface area (Å²) in [5.74, 6) is -0.292. The van der Waals surface area contributed by atoms with Crippen molar-refractivity contribution in [3.05, 3.63) is 50.2 Å². The van der Waals surface area contributed by atoms with Crippen molar-refractivity contribution < 1.29 is 4.79 Å². The normalized spacial score (nSPS) is 12.8. The number of amides is 1. The molecule has 1 amide bonds. The van der Waals surface area contributed by atoms with Gasteiger partial charge in [-0.2, -0.15) is 0 Å². The fourth-order valence-corrected chi connectivity index (χ4v) is 2.84. The summed E-state index contributed by atoms with van der Waals surface area (Å²) in [6.07, 6.45) is -0.850. The Morgan fingerprint density at radius 3 is 2.38 bits per heavy atom.